The molecule has 0 aliphatic heterocycles. The number of aryl methyl sites for hydroxylation is 3. The highest BCUT2D eigenvalue weighted by Gasteiger charge is 2.31. The quantitative estimate of drug-likeness (QED) is 0.169. The molecule has 0 fully saturated rings. The number of aromatic nitrogens is 4. The molecular weight excluding hydrogens is 556 g/mol. The van der Waals surface area contributed by atoms with Gasteiger partial charge in [0, 0.05) is 25.7 Å². The monoisotopic (exact) mass is 582 g/mol. The summed E-state index contributed by atoms with van der Waals surface area (Å²) in [6.07, 6.45) is 2.52. The summed E-state index contributed by atoms with van der Waals surface area (Å²) >= 11 is 0. The first kappa shape index (κ1) is 27.3. The lowest BCUT2D eigenvalue weighted by Gasteiger charge is -2.19. The molecule has 0 aliphatic rings. The molecule has 3 heterocycles. The number of pyridine rings is 1. The Bertz CT molecular complexity index is 2090. The zero-order valence-corrected chi connectivity index (χ0v) is 23.7. The Hall–Kier alpha value is -4.27. The van der Waals surface area contributed by atoms with Crippen molar-refractivity contribution in [2.45, 2.75) is 30.2 Å². The van der Waals surface area contributed by atoms with Gasteiger partial charge in [0.15, 0.2) is 5.52 Å². The number of hydrogen-bond donors (Lipinski definition) is 2. The van der Waals surface area contributed by atoms with Crippen LogP contribution < -0.4 is 5.56 Å². The highest BCUT2D eigenvalue weighted by atomic mass is 32.2. The average molecular weight is 583 g/mol. The number of rotatable bonds is 7. The standard InChI is InChI=1S/C26H26N6O6S2/c1-16-5-7-20(8-6-16)39(35,36)32-19(14-27-34)13-18-11-17(2)12-22(25(18)32)40(37,38)31(4)15-23-28-21-9-10-30(3)26(33)24(21)29-23/h5-14,34H,15H2,1-4H3,(H,28,29)/b27-14+. The van der Waals surface area contributed by atoms with E-state index in [9.17, 15) is 26.8 Å². The minimum Gasteiger partial charge on any atom is -0.411 e. The van der Waals surface area contributed by atoms with Gasteiger partial charge in [0.25, 0.3) is 15.6 Å². The van der Waals surface area contributed by atoms with Crippen LogP contribution in [-0.2, 0) is 33.6 Å². The largest absolute Gasteiger partial charge is 0.411 e. The van der Waals surface area contributed by atoms with Crippen LogP contribution in [-0.4, -0.2) is 58.1 Å². The summed E-state index contributed by atoms with van der Waals surface area (Å²) < 4.78 is 59.0. The minimum absolute atomic E-state index is 0.0316. The lowest BCUT2D eigenvalue weighted by molar-refractivity contribution is 0.321. The molecule has 12 nitrogen and oxygen atoms in total. The topological polar surface area (TPSA) is 160 Å². The first-order valence-corrected chi connectivity index (χ1v) is 14.9. The van der Waals surface area contributed by atoms with Gasteiger partial charge in [0.2, 0.25) is 10.0 Å². The van der Waals surface area contributed by atoms with Crippen molar-refractivity contribution in [3.63, 3.8) is 0 Å². The van der Waals surface area contributed by atoms with E-state index >= 15 is 0 Å². The van der Waals surface area contributed by atoms with Gasteiger partial charge in [0.1, 0.15) is 10.7 Å². The van der Waals surface area contributed by atoms with E-state index in [0.717, 1.165) is 20.1 Å². The van der Waals surface area contributed by atoms with E-state index in [2.05, 4.69) is 15.1 Å². The van der Waals surface area contributed by atoms with Crippen LogP contribution in [0.5, 0.6) is 0 Å². The molecule has 3 aromatic heterocycles. The Balaban J connectivity index is 1.69. The molecule has 0 spiro atoms. The highest BCUT2D eigenvalue weighted by molar-refractivity contribution is 7.90. The maximum Gasteiger partial charge on any atom is 0.278 e. The van der Waals surface area contributed by atoms with Gasteiger partial charge >= 0.3 is 0 Å². The maximum atomic E-state index is 14.0. The highest BCUT2D eigenvalue weighted by Crippen LogP contribution is 2.33. The number of nitrogens with one attached hydrogen (secondary N) is 1. The van der Waals surface area contributed by atoms with Crippen molar-refractivity contribution in [3.05, 3.63) is 87.7 Å². The number of fused-ring (bicyclic) bond motifs is 2. The molecule has 2 aromatic carbocycles. The molecule has 0 saturated carbocycles. The fraction of sp³-hybridized carbons (Fsp3) is 0.192. The smallest absolute Gasteiger partial charge is 0.278 e. The zero-order valence-electron chi connectivity index (χ0n) is 22.0. The summed E-state index contributed by atoms with van der Waals surface area (Å²) in [5, 5.41) is 12.6. The van der Waals surface area contributed by atoms with E-state index in [4.69, 9.17) is 0 Å². The van der Waals surface area contributed by atoms with Gasteiger partial charge in [-0.2, -0.15) is 4.31 Å². The predicted molar refractivity (Wildman–Crippen MR) is 150 cm³/mol. The van der Waals surface area contributed by atoms with E-state index < -0.39 is 20.0 Å². The number of sulfonamides is 1. The summed E-state index contributed by atoms with van der Waals surface area (Å²) in [4.78, 5) is 19.4. The van der Waals surface area contributed by atoms with E-state index in [1.165, 1.54) is 35.9 Å². The van der Waals surface area contributed by atoms with Crippen molar-refractivity contribution < 1.29 is 22.0 Å². The number of nitrogens with zero attached hydrogens (tertiary/aromatic N) is 5. The second kappa shape index (κ2) is 9.73. The molecular formula is C26H26N6O6S2. The van der Waals surface area contributed by atoms with E-state index in [1.807, 2.05) is 6.92 Å². The van der Waals surface area contributed by atoms with Gasteiger partial charge in [-0.05, 0) is 55.8 Å². The van der Waals surface area contributed by atoms with Gasteiger partial charge in [-0.1, -0.05) is 22.9 Å². The summed E-state index contributed by atoms with van der Waals surface area (Å²) in [7, 11) is -5.71. The Labute approximate surface area is 229 Å². The zero-order chi connectivity index (χ0) is 29.0. The van der Waals surface area contributed by atoms with Gasteiger partial charge in [0.05, 0.1) is 34.4 Å². The number of oxime groups is 1. The number of hydrogen-bond acceptors (Lipinski definition) is 8. The summed E-state index contributed by atoms with van der Waals surface area (Å²) in [5.74, 6) is 0.240. The van der Waals surface area contributed by atoms with Crippen molar-refractivity contribution in [3.8, 4) is 0 Å². The lowest BCUT2D eigenvalue weighted by Crippen LogP contribution is -2.28. The number of imidazole rings is 1. The Morgan fingerprint density at radius 1 is 1.05 bits per heavy atom. The third kappa shape index (κ3) is 4.49. The third-order valence-corrected chi connectivity index (χ3v) is 10.1. The Morgan fingerprint density at radius 3 is 2.42 bits per heavy atom. The van der Waals surface area contributed by atoms with Crippen LogP contribution in [0.4, 0.5) is 0 Å². The molecule has 0 saturated heterocycles. The summed E-state index contributed by atoms with van der Waals surface area (Å²) in [5.41, 5.74) is 1.61. The molecule has 208 valence electrons. The average Bonchev–Trinajstić information content (AvgIpc) is 3.47. The number of benzene rings is 2. The van der Waals surface area contributed by atoms with Crippen molar-refractivity contribution in [2.24, 2.45) is 12.2 Å². The van der Waals surface area contributed by atoms with Crippen LogP contribution in [0.25, 0.3) is 21.9 Å². The molecule has 0 atom stereocenters. The fourth-order valence-electron chi connectivity index (χ4n) is 4.55. The third-order valence-electron chi connectivity index (χ3n) is 6.57. The normalized spacial score (nSPS) is 12.8. The Kier molecular flexibility index (Phi) is 6.64. The predicted octanol–water partition coefficient (Wildman–Crippen LogP) is 2.70. The second-order valence-corrected chi connectivity index (χ2v) is 13.3. The van der Waals surface area contributed by atoms with Gasteiger partial charge < -0.3 is 14.8 Å². The van der Waals surface area contributed by atoms with Gasteiger partial charge in [-0.3, -0.25) is 4.79 Å². The molecule has 0 unspecified atom stereocenters. The molecule has 0 amide bonds. The van der Waals surface area contributed by atoms with Crippen LogP contribution in [0.1, 0.15) is 22.6 Å². The van der Waals surface area contributed by atoms with Crippen molar-refractivity contribution in [1.29, 1.82) is 0 Å². The van der Waals surface area contributed by atoms with E-state index in [-0.39, 0.29) is 44.4 Å². The summed E-state index contributed by atoms with van der Waals surface area (Å²) in [6, 6.07) is 12.3. The first-order valence-electron chi connectivity index (χ1n) is 12.0. The molecule has 14 heteroatoms. The Morgan fingerprint density at radius 2 is 1.75 bits per heavy atom. The number of H-pyrrole nitrogens is 1. The molecule has 0 aliphatic carbocycles. The molecule has 40 heavy (non-hydrogen) atoms. The number of aromatic amines is 1. The SMILES string of the molecule is Cc1ccc(S(=O)(=O)n2c(/C=N/O)cc3cc(C)cc(S(=O)(=O)N(C)Cc4nc5c(=O)n(C)ccc5[nH]4)c32)cc1. The first-order chi connectivity index (χ1) is 18.8. The van der Waals surface area contributed by atoms with Gasteiger partial charge in [-0.25, -0.2) is 25.8 Å². The van der Waals surface area contributed by atoms with Crippen LogP contribution in [0, 0.1) is 13.8 Å². The van der Waals surface area contributed by atoms with Crippen molar-refractivity contribution in [2.75, 3.05) is 7.05 Å². The molecule has 5 aromatic rings. The second-order valence-electron chi connectivity index (χ2n) is 9.54. The van der Waals surface area contributed by atoms with Crippen molar-refractivity contribution in [1.82, 2.24) is 22.8 Å². The van der Waals surface area contributed by atoms with Crippen LogP contribution in [0.15, 0.2) is 74.5 Å². The van der Waals surface area contributed by atoms with Crippen LogP contribution in [0.2, 0.25) is 0 Å². The van der Waals surface area contributed by atoms with Gasteiger partial charge in [-0.15, -0.1) is 0 Å². The lowest BCUT2D eigenvalue weighted by atomic mass is 10.2. The van der Waals surface area contributed by atoms with Crippen molar-refractivity contribution >= 4 is 48.2 Å². The van der Waals surface area contributed by atoms with E-state index in [0.29, 0.717) is 16.5 Å². The van der Waals surface area contributed by atoms with Crippen LogP contribution in [0.3, 0.4) is 0 Å². The van der Waals surface area contributed by atoms with Crippen LogP contribution >= 0.6 is 0 Å². The van der Waals surface area contributed by atoms with E-state index in [1.54, 1.807) is 44.4 Å². The summed E-state index contributed by atoms with van der Waals surface area (Å²) in [6.45, 7) is 3.29. The molecule has 2 N–H and O–H groups in total. The molecule has 0 radical (unpaired) electrons. The fourth-order valence-corrected chi connectivity index (χ4v) is 7.53. The maximum absolute atomic E-state index is 14.0. The molecule has 0 bridgehead atoms. The minimum atomic E-state index is -4.32. The molecule has 5 rings (SSSR count).